The molecule has 0 atom stereocenters. The molecule has 0 radical (unpaired) electrons. The smallest absolute Gasteiger partial charge is 0.223 e. The summed E-state index contributed by atoms with van der Waals surface area (Å²) in [4.78, 5) is 16.9. The number of morpholine rings is 1. The van der Waals surface area contributed by atoms with Gasteiger partial charge in [-0.15, -0.1) is 0 Å². The molecule has 0 N–H and O–H groups in total. The van der Waals surface area contributed by atoms with Crippen molar-refractivity contribution in [2.24, 2.45) is 5.92 Å². The van der Waals surface area contributed by atoms with E-state index in [4.69, 9.17) is 4.74 Å². The Morgan fingerprint density at radius 2 is 1.68 bits per heavy atom. The van der Waals surface area contributed by atoms with Crippen molar-refractivity contribution >= 4 is 21.4 Å². The summed E-state index contributed by atoms with van der Waals surface area (Å²) in [6.07, 6.45) is 3.83. The third-order valence-electron chi connectivity index (χ3n) is 5.07. The highest BCUT2D eigenvalue weighted by atomic mass is 32.2. The molecule has 2 aliphatic heterocycles. The summed E-state index contributed by atoms with van der Waals surface area (Å²) in [7, 11) is -3.15. The maximum Gasteiger partial charge on any atom is 0.223 e. The number of anilines is 1. The van der Waals surface area contributed by atoms with E-state index in [-0.39, 0.29) is 5.91 Å². The molecule has 1 aromatic carbocycles. The molecular weight excluding hydrogens is 340 g/mol. The van der Waals surface area contributed by atoms with E-state index >= 15 is 0 Å². The van der Waals surface area contributed by atoms with Crippen molar-refractivity contribution in [2.75, 3.05) is 50.5 Å². The lowest BCUT2D eigenvalue weighted by atomic mass is 9.92. The first-order valence-electron chi connectivity index (χ1n) is 8.84. The van der Waals surface area contributed by atoms with Crippen molar-refractivity contribution in [2.45, 2.75) is 24.2 Å². The molecule has 2 aliphatic rings. The maximum absolute atomic E-state index is 12.3. The summed E-state index contributed by atoms with van der Waals surface area (Å²) >= 11 is 0. The minimum atomic E-state index is -3.15. The van der Waals surface area contributed by atoms with Gasteiger partial charge in [-0.3, -0.25) is 4.79 Å². The first-order valence-corrected chi connectivity index (χ1v) is 10.7. The summed E-state index contributed by atoms with van der Waals surface area (Å²) < 4.78 is 28.4. The lowest BCUT2D eigenvalue weighted by Crippen LogP contribution is -2.42. The molecule has 2 fully saturated rings. The van der Waals surface area contributed by atoms with Crippen molar-refractivity contribution in [3.63, 3.8) is 0 Å². The van der Waals surface area contributed by atoms with E-state index in [0.717, 1.165) is 31.6 Å². The Bertz CT molecular complexity index is 688. The SMILES string of the molecule is CS(=O)(=O)c1ccc(N2CCC(CC(=O)N3CCOCC3)CC2)cc1. The Balaban J connectivity index is 1.50. The monoisotopic (exact) mass is 366 g/mol. The molecule has 3 rings (SSSR count). The van der Waals surface area contributed by atoms with Crippen LogP contribution in [0, 0.1) is 5.92 Å². The second-order valence-corrected chi connectivity index (χ2v) is 8.91. The van der Waals surface area contributed by atoms with Crippen molar-refractivity contribution in [1.29, 1.82) is 0 Å². The molecule has 0 aromatic heterocycles. The predicted molar refractivity (Wildman–Crippen MR) is 96.5 cm³/mol. The van der Waals surface area contributed by atoms with E-state index in [1.165, 1.54) is 6.26 Å². The summed E-state index contributed by atoms with van der Waals surface area (Å²) in [5.74, 6) is 0.682. The van der Waals surface area contributed by atoms with Gasteiger partial charge in [0.05, 0.1) is 18.1 Å². The van der Waals surface area contributed by atoms with Gasteiger partial charge >= 0.3 is 0 Å². The second kappa shape index (κ2) is 7.74. The molecule has 1 amide bonds. The fourth-order valence-corrected chi connectivity index (χ4v) is 4.12. The van der Waals surface area contributed by atoms with Gasteiger partial charge in [0.2, 0.25) is 5.91 Å². The van der Waals surface area contributed by atoms with E-state index < -0.39 is 9.84 Å². The molecular formula is C18H26N2O4S. The van der Waals surface area contributed by atoms with Crippen LogP contribution in [0.4, 0.5) is 5.69 Å². The van der Waals surface area contributed by atoms with Gasteiger partial charge in [0.25, 0.3) is 0 Å². The van der Waals surface area contributed by atoms with Crippen LogP contribution in [0.15, 0.2) is 29.2 Å². The highest BCUT2D eigenvalue weighted by molar-refractivity contribution is 7.90. The lowest BCUT2D eigenvalue weighted by Gasteiger charge is -2.35. The van der Waals surface area contributed by atoms with Crippen LogP contribution in [-0.4, -0.2) is 64.9 Å². The van der Waals surface area contributed by atoms with E-state index in [1.807, 2.05) is 17.0 Å². The normalized spacial score (nSPS) is 19.9. The fourth-order valence-electron chi connectivity index (χ4n) is 3.49. The van der Waals surface area contributed by atoms with Crippen molar-refractivity contribution in [1.82, 2.24) is 4.90 Å². The zero-order chi connectivity index (χ0) is 17.9. The van der Waals surface area contributed by atoms with Crippen LogP contribution in [0.25, 0.3) is 0 Å². The third kappa shape index (κ3) is 4.73. The van der Waals surface area contributed by atoms with Gasteiger partial charge in [-0.25, -0.2) is 8.42 Å². The van der Waals surface area contributed by atoms with Crippen LogP contribution >= 0.6 is 0 Å². The number of carbonyl (C=O) groups is 1. The largest absolute Gasteiger partial charge is 0.378 e. The Morgan fingerprint density at radius 3 is 2.24 bits per heavy atom. The Hall–Kier alpha value is -1.60. The standard InChI is InChI=1S/C18H26N2O4S/c1-25(22,23)17-4-2-16(3-5-17)19-8-6-15(7-9-19)14-18(21)20-10-12-24-13-11-20/h2-5,15H,6-14H2,1H3. The first kappa shape index (κ1) is 18.2. The molecule has 2 heterocycles. The van der Waals surface area contributed by atoms with E-state index in [9.17, 15) is 13.2 Å². The molecule has 0 aliphatic carbocycles. The average Bonchev–Trinajstić information content (AvgIpc) is 2.62. The summed E-state index contributed by atoms with van der Waals surface area (Å²) in [5.41, 5.74) is 1.05. The van der Waals surface area contributed by atoms with Crippen molar-refractivity contribution < 1.29 is 17.9 Å². The minimum Gasteiger partial charge on any atom is -0.378 e. The number of sulfone groups is 1. The number of carbonyl (C=O) groups excluding carboxylic acids is 1. The lowest BCUT2D eigenvalue weighted by molar-refractivity contribution is -0.136. The van der Waals surface area contributed by atoms with Gasteiger partial charge in [0.15, 0.2) is 9.84 Å². The molecule has 7 heteroatoms. The first-order chi connectivity index (χ1) is 11.9. The highest BCUT2D eigenvalue weighted by Gasteiger charge is 2.25. The molecule has 6 nitrogen and oxygen atoms in total. The van der Waals surface area contributed by atoms with Gasteiger partial charge in [-0.05, 0) is 43.0 Å². The number of ether oxygens (including phenoxy) is 1. The number of nitrogens with zero attached hydrogens (tertiary/aromatic N) is 2. The molecule has 25 heavy (non-hydrogen) atoms. The minimum absolute atomic E-state index is 0.249. The second-order valence-electron chi connectivity index (χ2n) is 6.89. The number of piperidine rings is 1. The highest BCUT2D eigenvalue weighted by Crippen LogP contribution is 2.26. The average molecular weight is 366 g/mol. The fraction of sp³-hybridized carbons (Fsp3) is 0.611. The van der Waals surface area contributed by atoms with Crippen LogP contribution in [0.1, 0.15) is 19.3 Å². The van der Waals surface area contributed by atoms with Crippen LogP contribution in [0.3, 0.4) is 0 Å². The zero-order valence-electron chi connectivity index (χ0n) is 14.7. The molecule has 1 aromatic rings. The van der Waals surface area contributed by atoms with Crippen LogP contribution < -0.4 is 4.90 Å². The van der Waals surface area contributed by atoms with Crippen molar-refractivity contribution in [3.8, 4) is 0 Å². The van der Waals surface area contributed by atoms with Crippen molar-refractivity contribution in [3.05, 3.63) is 24.3 Å². The van der Waals surface area contributed by atoms with Gasteiger partial charge in [-0.2, -0.15) is 0 Å². The number of hydrogen-bond acceptors (Lipinski definition) is 5. The van der Waals surface area contributed by atoms with Gasteiger partial charge in [-0.1, -0.05) is 0 Å². The zero-order valence-corrected chi connectivity index (χ0v) is 15.5. The molecule has 2 saturated heterocycles. The molecule has 0 bridgehead atoms. The summed E-state index contributed by atoms with van der Waals surface area (Å²) in [6.45, 7) is 4.52. The molecule has 0 spiro atoms. The number of hydrogen-bond donors (Lipinski definition) is 0. The predicted octanol–water partition coefficient (Wildman–Crippen LogP) is 1.56. The number of rotatable bonds is 4. The maximum atomic E-state index is 12.3. The molecule has 0 unspecified atom stereocenters. The van der Waals surface area contributed by atoms with Crippen LogP contribution in [0.2, 0.25) is 0 Å². The Morgan fingerprint density at radius 1 is 1.08 bits per heavy atom. The quantitative estimate of drug-likeness (QED) is 0.809. The van der Waals surface area contributed by atoms with Gasteiger partial charge < -0.3 is 14.5 Å². The van der Waals surface area contributed by atoms with Gasteiger partial charge in [0, 0.05) is 44.5 Å². The van der Waals surface area contributed by atoms with Crippen LogP contribution in [-0.2, 0) is 19.4 Å². The Kier molecular flexibility index (Phi) is 5.64. The van der Waals surface area contributed by atoms with E-state index in [1.54, 1.807) is 12.1 Å². The summed E-state index contributed by atoms with van der Waals surface area (Å²) in [6, 6.07) is 7.07. The molecule has 0 saturated carbocycles. The molecule has 138 valence electrons. The summed E-state index contributed by atoms with van der Waals surface area (Å²) in [5, 5.41) is 0. The van der Waals surface area contributed by atoms with E-state index in [2.05, 4.69) is 4.90 Å². The van der Waals surface area contributed by atoms with E-state index in [0.29, 0.717) is 43.5 Å². The number of benzene rings is 1. The van der Waals surface area contributed by atoms with Gasteiger partial charge in [0.1, 0.15) is 0 Å². The topological polar surface area (TPSA) is 66.9 Å². The Labute approximate surface area is 149 Å². The number of amides is 1. The third-order valence-corrected chi connectivity index (χ3v) is 6.20. The van der Waals surface area contributed by atoms with Crippen LogP contribution in [0.5, 0.6) is 0 Å².